The summed E-state index contributed by atoms with van der Waals surface area (Å²) in [4.78, 5) is 13.8. The highest BCUT2D eigenvalue weighted by Gasteiger charge is 2.15. The molecule has 0 atom stereocenters. The maximum atomic E-state index is 13.3. The van der Waals surface area contributed by atoms with Gasteiger partial charge in [-0.25, -0.2) is 4.39 Å². The van der Waals surface area contributed by atoms with Gasteiger partial charge >= 0.3 is 0 Å². The van der Waals surface area contributed by atoms with Crippen LogP contribution in [-0.2, 0) is 6.54 Å². The summed E-state index contributed by atoms with van der Waals surface area (Å²) in [5.41, 5.74) is 4.20. The number of aryl methyl sites for hydroxylation is 3. The van der Waals surface area contributed by atoms with Crippen LogP contribution in [0.2, 0.25) is 0 Å². The second-order valence-electron chi connectivity index (χ2n) is 5.85. The number of hydrogen-bond donors (Lipinski definition) is 0. The van der Waals surface area contributed by atoms with Crippen LogP contribution in [-0.4, -0.2) is 26.0 Å². The number of ketones is 1. The van der Waals surface area contributed by atoms with Crippen LogP contribution < -0.4 is 0 Å². The van der Waals surface area contributed by atoms with Crippen LogP contribution in [0.3, 0.4) is 0 Å². The van der Waals surface area contributed by atoms with Gasteiger partial charge in [-0.15, -0.1) is 10.2 Å². The fraction of sp³-hybridized carbons (Fsp3) is 0.222. The molecule has 0 aliphatic carbocycles. The molecular weight excluding hydrogens is 307 g/mol. The van der Waals surface area contributed by atoms with Crippen molar-refractivity contribution in [3.05, 3.63) is 64.5 Å². The van der Waals surface area contributed by atoms with Crippen LogP contribution in [0.4, 0.5) is 4.39 Å². The van der Waals surface area contributed by atoms with E-state index in [1.807, 2.05) is 32.9 Å². The Morgan fingerprint density at radius 1 is 1.12 bits per heavy atom. The van der Waals surface area contributed by atoms with Crippen molar-refractivity contribution in [2.75, 3.05) is 0 Å². The Bertz CT molecular complexity index is 894. The van der Waals surface area contributed by atoms with Gasteiger partial charge in [0.2, 0.25) is 5.82 Å². The lowest BCUT2D eigenvalue weighted by molar-refractivity contribution is 0.0960. The highest BCUT2D eigenvalue weighted by molar-refractivity contribution is 5.98. The highest BCUT2D eigenvalue weighted by Crippen LogP contribution is 2.18. The van der Waals surface area contributed by atoms with Crippen LogP contribution in [0.25, 0.3) is 11.4 Å². The number of benzene rings is 2. The minimum Gasteiger partial charge on any atom is -0.292 e. The molecule has 0 aliphatic rings. The molecule has 0 spiro atoms. The zero-order chi connectivity index (χ0) is 17.3. The lowest BCUT2D eigenvalue weighted by Crippen LogP contribution is -2.15. The molecule has 0 saturated carbocycles. The average Bonchev–Trinajstić information content (AvgIpc) is 2.94. The van der Waals surface area contributed by atoms with Gasteiger partial charge in [0.1, 0.15) is 12.4 Å². The number of aromatic nitrogens is 4. The van der Waals surface area contributed by atoms with Gasteiger partial charge in [-0.3, -0.25) is 4.79 Å². The monoisotopic (exact) mass is 324 g/mol. The van der Waals surface area contributed by atoms with E-state index in [0.29, 0.717) is 17.0 Å². The first kappa shape index (κ1) is 16.0. The van der Waals surface area contributed by atoms with Crippen molar-refractivity contribution in [3.8, 4) is 11.4 Å². The zero-order valence-corrected chi connectivity index (χ0v) is 13.7. The van der Waals surface area contributed by atoms with Crippen LogP contribution >= 0.6 is 0 Å². The van der Waals surface area contributed by atoms with Crippen LogP contribution in [0, 0.1) is 26.6 Å². The third-order valence-electron chi connectivity index (χ3n) is 3.78. The van der Waals surface area contributed by atoms with Crippen molar-refractivity contribution in [3.63, 3.8) is 0 Å². The van der Waals surface area contributed by atoms with E-state index in [1.165, 1.54) is 16.9 Å². The van der Waals surface area contributed by atoms with Crippen LogP contribution in [0.15, 0.2) is 36.4 Å². The van der Waals surface area contributed by atoms with Gasteiger partial charge in [0.25, 0.3) is 0 Å². The molecule has 0 aliphatic heterocycles. The Kier molecular flexibility index (Phi) is 4.20. The minimum atomic E-state index is -0.370. The number of halogens is 1. The number of nitrogens with zero attached hydrogens (tertiary/aromatic N) is 4. The molecule has 6 heteroatoms. The molecule has 24 heavy (non-hydrogen) atoms. The van der Waals surface area contributed by atoms with Gasteiger partial charge in [-0.1, -0.05) is 29.8 Å². The van der Waals surface area contributed by atoms with Crippen molar-refractivity contribution in [1.29, 1.82) is 0 Å². The van der Waals surface area contributed by atoms with Gasteiger partial charge < -0.3 is 0 Å². The Hall–Kier alpha value is -2.89. The summed E-state index contributed by atoms with van der Waals surface area (Å²) in [5, 5.41) is 12.0. The third kappa shape index (κ3) is 3.22. The summed E-state index contributed by atoms with van der Waals surface area (Å²) in [6.07, 6.45) is 0. The van der Waals surface area contributed by atoms with Gasteiger partial charge in [0, 0.05) is 11.1 Å². The molecule has 0 fully saturated rings. The van der Waals surface area contributed by atoms with Crippen molar-refractivity contribution in [2.45, 2.75) is 27.3 Å². The van der Waals surface area contributed by atoms with Gasteiger partial charge in [-0.05, 0) is 49.2 Å². The average molecular weight is 324 g/mol. The van der Waals surface area contributed by atoms with Crippen molar-refractivity contribution in [1.82, 2.24) is 20.2 Å². The molecule has 3 rings (SSSR count). The van der Waals surface area contributed by atoms with E-state index in [0.717, 1.165) is 16.7 Å². The molecule has 1 heterocycles. The van der Waals surface area contributed by atoms with Gasteiger partial charge in [0.05, 0.1) is 0 Å². The number of hydrogen-bond acceptors (Lipinski definition) is 4. The van der Waals surface area contributed by atoms with E-state index in [-0.39, 0.29) is 18.1 Å². The SMILES string of the molecule is Cc1cc(C)c(C(=O)Cn2nnc(-c3cccc(F)c3)n2)c(C)c1. The van der Waals surface area contributed by atoms with Crippen LogP contribution in [0.1, 0.15) is 27.0 Å². The van der Waals surface area contributed by atoms with E-state index in [9.17, 15) is 9.18 Å². The van der Waals surface area contributed by atoms with Crippen molar-refractivity contribution in [2.24, 2.45) is 0 Å². The van der Waals surface area contributed by atoms with Gasteiger partial charge in [0.15, 0.2) is 5.78 Å². The molecule has 122 valence electrons. The summed E-state index contributed by atoms with van der Waals surface area (Å²) < 4.78 is 13.3. The molecule has 0 saturated heterocycles. The first-order chi connectivity index (χ1) is 11.4. The summed E-state index contributed by atoms with van der Waals surface area (Å²) in [6.45, 7) is 5.83. The van der Waals surface area contributed by atoms with Crippen molar-refractivity contribution < 1.29 is 9.18 Å². The van der Waals surface area contributed by atoms with Crippen molar-refractivity contribution >= 4 is 5.78 Å². The second-order valence-corrected chi connectivity index (χ2v) is 5.85. The standard InChI is InChI=1S/C18H17FN4O/c1-11-7-12(2)17(13(3)8-11)16(24)10-23-21-18(20-22-23)14-5-4-6-15(19)9-14/h4-9H,10H2,1-3H3. The summed E-state index contributed by atoms with van der Waals surface area (Å²) in [6, 6.07) is 9.91. The predicted octanol–water partition coefficient (Wildman–Crippen LogP) is 3.29. The molecule has 0 N–H and O–H groups in total. The molecule has 0 unspecified atom stereocenters. The Morgan fingerprint density at radius 3 is 2.50 bits per heavy atom. The number of tetrazole rings is 1. The maximum Gasteiger partial charge on any atom is 0.205 e. The normalized spacial score (nSPS) is 10.8. The fourth-order valence-corrected chi connectivity index (χ4v) is 2.88. The first-order valence-corrected chi connectivity index (χ1v) is 7.59. The molecule has 5 nitrogen and oxygen atoms in total. The lowest BCUT2D eigenvalue weighted by atomic mass is 9.97. The minimum absolute atomic E-state index is 0.00689. The number of carbonyl (C=O) groups is 1. The summed E-state index contributed by atoms with van der Waals surface area (Å²) in [7, 11) is 0. The van der Waals surface area contributed by atoms with E-state index < -0.39 is 0 Å². The summed E-state index contributed by atoms with van der Waals surface area (Å²) >= 11 is 0. The molecule has 0 amide bonds. The Labute approximate surface area is 139 Å². The number of carbonyl (C=O) groups excluding carboxylic acids is 1. The number of Topliss-reactive ketones (excluding diaryl/α,β-unsaturated/α-hetero) is 1. The van der Waals surface area contributed by atoms with Crippen LogP contribution in [0.5, 0.6) is 0 Å². The van der Waals surface area contributed by atoms with E-state index >= 15 is 0 Å². The predicted molar refractivity (Wildman–Crippen MR) is 88.2 cm³/mol. The third-order valence-corrected chi connectivity index (χ3v) is 3.78. The van der Waals surface area contributed by atoms with E-state index in [1.54, 1.807) is 12.1 Å². The topological polar surface area (TPSA) is 60.7 Å². The first-order valence-electron chi connectivity index (χ1n) is 7.59. The fourth-order valence-electron chi connectivity index (χ4n) is 2.88. The molecule has 2 aromatic carbocycles. The summed E-state index contributed by atoms with van der Waals surface area (Å²) in [5.74, 6) is -0.154. The molecule has 3 aromatic rings. The maximum absolute atomic E-state index is 13.3. The zero-order valence-electron chi connectivity index (χ0n) is 13.7. The number of rotatable bonds is 4. The van der Waals surface area contributed by atoms with E-state index in [4.69, 9.17) is 0 Å². The molecule has 0 radical (unpaired) electrons. The largest absolute Gasteiger partial charge is 0.292 e. The molecular formula is C18H17FN4O. The quantitative estimate of drug-likeness (QED) is 0.691. The Balaban J connectivity index is 1.84. The smallest absolute Gasteiger partial charge is 0.205 e. The highest BCUT2D eigenvalue weighted by atomic mass is 19.1. The molecule has 0 bridgehead atoms. The van der Waals surface area contributed by atoms with E-state index in [2.05, 4.69) is 15.4 Å². The Morgan fingerprint density at radius 2 is 1.83 bits per heavy atom. The lowest BCUT2D eigenvalue weighted by Gasteiger charge is -2.09. The second kappa shape index (κ2) is 6.31. The van der Waals surface area contributed by atoms with Gasteiger partial charge in [-0.2, -0.15) is 4.80 Å². The molecule has 1 aromatic heterocycles.